The summed E-state index contributed by atoms with van der Waals surface area (Å²) in [7, 11) is 0. The molecule has 0 saturated heterocycles. The van der Waals surface area contributed by atoms with Gasteiger partial charge in [0.05, 0.1) is 23.1 Å². The number of thioether (sulfide) groups is 1. The summed E-state index contributed by atoms with van der Waals surface area (Å²) in [6.07, 6.45) is 1.48. The lowest BCUT2D eigenvalue weighted by molar-refractivity contribution is -0.255. The predicted octanol–water partition coefficient (Wildman–Crippen LogP) is 2.41. The number of carboxylic acids is 1. The van der Waals surface area contributed by atoms with Crippen molar-refractivity contribution in [2.45, 2.75) is 5.03 Å². The first-order valence-electron chi connectivity index (χ1n) is 8.14. The van der Waals surface area contributed by atoms with Crippen molar-refractivity contribution < 1.29 is 14.7 Å². The molecular formula is C20H16N3O3S-. The van der Waals surface area contributed by atoms with Gasteiger partial charge in [0, 0.05) is 11.8 Å². The van der Waals surface area contributed by atoms with Crippen LogP contribution in [0, 0.1) is 0 Å². The summed E-state index contributed by atoms with van der Waals surface area (Å²) < 4.78 is 0. The van der Waals surface area contributed by atoms with Gasteiger partial charge in [-0.05, 0) is 36.4 Å². The summed E-state index contributed by atoms with van der Waals surface area (Å²) >= 11 is 1.05. The highest BCUT2D eigenvalue weighted by Gasteiger charge is 2.14. The first kappa shape index (κ1) is 18.5. The van der Waals surface area contributed by atoms with Crippen LogP contribution in [0.3, 0.4) is 0 Å². The molecule has 1 aromatic heterocycles. The van der Waals surface area contributed by atoms with Crippen molar-refractivity contribution in [3.63, 3.8) is 0 Å². The third-order valence-corrected chi connectivity index (χ3v) is 4.60. The van der Waals surface area contributed by atoms with E-state index in [2.05, 4.69) is 10.4 Å². The number of hydrogen-bond donors (Lipinski definition) is 1. The Balaban J connectivity index is 1.73. The molecule has 3 aromatic rings. The number of carboxylic acid groups (broad SMARTS) is 1. The van der Waals surface area contributed by atoms with Gasteiger partial charge in [0.25, 0.3) is 0 Å². The number of amides is 1. The highest BCUT2D eigenvalue weighted by Crippen LogP contribution is 2.23. The Morgan fingerprint density at radius 3 is 2.07 bits per heavy atom. The number of rotatable bonds is 7. The maximum atomic E-state index is 12.5. The number of carbonyl (C=O) groups is 2. The van der Waals surface area contributed by atoms with Crippen LogP contribution in [0.25, 0.3) is 0 Å². The van der Waals surface area contributed by atoms with Crippen LogP contribution in [-0.4, -0.2) is 22.6 Å². The molecule has 0 fully saturated rings. The zero-order valence-electron chi connectivity index (χ0n) is 14.2. The number of aromatic nitrogens is 1. The van der Waals surface area contributed by atoms with Gasteiger partial charge < -0.3 is 9.90 Å². The van der Waals surface area contributed by atoms with E-state index < -0.39 is 5.97 Å². The fourth-order valence-corrected chi connectivity index (χ4v) is 3.16. The minimum atomic E-state index is -1.32. The molecule has 0 atom stereocenters. The SMILES string of the molecule is O=C(CSc1ncccc1C(=O)[O-])NN(c1ccccc1)c1ccccc1. The second-order valence-electron chi connectivity index (χ2n) is 5.47. The van der Waals surface area contributed by atoms with E-state index in [1.807, 2.05) is 60.7 Å². The monoisotopic (exact) mass is 378 g/mol. The highest BCUT2D eigenvalue weighted by molar-refractivity contribution is 8.00. The first-order chi connectivity index (χ1) is 13.1. The van der Waals surface area contributed by atoms with Crippen molar-refractivity contribution in [3.8, 4) is 0 Å². The Kier molecular flexibility index (Phi) is 6.06. The Labute approximate surface area is 160 Å². The van der Waals surface area contributed by atoms with E-state index in [-0.39, 0.29) is 22.2 Å². The van der Waals surface area contributed by atoms with Gasteiger partial charge in [-0.3, -0.25) is 15.2 Å². The van der Waals surface area contributed by atoms with Crippen LogP contribution in [0.2, 0.25) is 0 Å². The summed E-state index contributed by atoms with van der Waals surface area (Å²) in [4.78, 5) is 27.6. The van der Waals surface area contributed by atoms with Crippen LogP contribution in [0.4, 0.5) is 11.4 Å². The Hall–Kier alpha value is -3.32. The van der Waals surface area contributed by atoms with E-state index in [0.717, 1.165) is 23.1 Å². The van der Waals surface area contributed by atoms with Crippen molar-refractivity contribution >= 4 is 35.0 Å². The maximum Gasteiger partial charge on any atom is 0.249 e. The summed E-state index contributed by atoms with van der Waals surface area (Å²) in [5.41, 5.74) is 4.42. The fourth-order valence-electron chi connectivity index (χ4n) is 2.38. The molecule has 6 nitrogen and oxygen atoms in total. The smallest absolute Gasteiger partial charge is 0.249 e. The molecule has 0 spiro atoms. The Bertz CT molecular complexity index is 881. The van der Waals surface area contributed by atoms with Crippen LogP contribution in [0.1, 0.15) is 10.4 Å². The molecule has 1 amide bonds. The van der Waals surface area contributed by atoms with E-state index in [9.17, 15) is 14.7 Å². The summed E-state index contributed by atoms with van der Waals surface area (Å²) in [5, 5.41) is 13.1. The molecule has 7 heteroatoms. The Morgan fingerprint density at radius 1 is 0.926 bits per heavy atom. The van der Waals surface area contributed by atoms with E-state index in [1.54, 1.807) is 5.01 Å². The van der Waals surface area contributed by atoms with Crippen molar-refractivity contribution in [1.82, 2.24) is 10.4 Å². The molecule has 0 bridgehead atoms. The molecule has 0 unspecified atom stereocenters. The number of nitrogens with one attached hydrogen (secondary N) is 1. The third-order valence-electron chi connectivity index (χ3n) is 3.60. The van der Waals surface area contributed by atoms with E-state index in [1.165, 1.54) is 18.3 Å². The molecule has 27 heavy (non-hydrogen) atoms. The van der Waals surface area contributed by atoms with Crippen LogP contribution in [-0.2, 0) is 4.79 Å². The molecule has 0 saturated carbocycles. The standard InChI is InChI=1S/C20H17N3O3S/c24-18(14-27-19-17(20(25)26)12-7-13-21-19)22-23(15-8-3-1-4-9-15)16-10-5-2-6-11-16/h1-13H,14H2,(H,22,24)(H,25,26)/p-1. The molecule has 3 rings (SSSR count). The first-order valence-corrected chi connectivity index (χ1v) is 9.12. The van der Waals surface area contributed by atoms with Crippen LogP contribution < -0.4 is 15.5 Å². The topological polar surface area (TPSA) is 85.4 Å². The highest BCUT2D eigenvalue weighted by atomic mass is 32.2. The zero-order chi connectivity index (χ0) is 19.1. The van der Waals surface area contributed by atoms with Crippen LogP contribution >= 0.6 is 11.8 Å². The molecule has 2 aromatic carbocycles. The second kappa shape index (κ2) is 8.86. The van der Waals surface area contributed by atoms with Gasteiger partial charge in [-0.15, -0.1) is 0 Å². The summed E-state index contributed by atoms with van der Waals surface area (Å²) in [5.74, 6) is -1.60. The average molecular weight is 378 g/mol. The van der Waals surface area contributed by atoms with Gasteiger partial charge in [0.1, 0.15) is 5.03 Å². The van der Waals surface area contributed by atoms with Gasteiger partial charge in [-0.1, -0.05) is 48.2 Å². The predicted molar refractivity (Wildman–Crippen MR) is 102 cm³/mol. The van der Waals surface area contributed by atoms with Crippen LogP contribution in [0.5, 0.6) is 0 Å². The van der Waals surface area contributed by atoms with Crippen molar-refractivity contribution in [1.29, 1.82) is 0 Å². The molecular weight excluding hydrogens is 362 g/mol. The summed E-state index contributed by atoms with van der Waals surface area (Å²) in [6, 6.07) is 21.8. The van der Waals surface area contributed by atoms with Gasteiger partial charge in [0.2, 0.25) is 5.91 Å². The Morgan fingerprint density at radius 2 is 1.52 bits per heavy atom. The lowest BCUT2D eigenvalue weighted by atomic mass is 10.2. The number of aromatic carboxylic acids is 1. The van der Waals surface area contributed by atoms with Gasteiger partial charge in [0.15, 0.2) is 0 Å². The molecule has 0 aliphatic rings. The molecule has 1 heterocycles. The second-order valence-corrected chi connectivity index (χ2v) is 6.44. The van der Waals surface area contributed by atoms with Crippen molar-refractivity contribution in [2.75, 3.05) is 10.8 Å². The van der Waals surface area contributed by atoms with Gasteiger partial charge >= 0.3 is 0 Å². The van der Waals surface area contributed by atoms with E-state index in [0.29, 0.717) is 0 Å². The van der Waals surface area contributed by atoms with Gasteiger partial charge in [-0.2, -0.15) is 0 Å². The number of carbonyl (C=O) groups excluding carboxylic acids is 2. The minimum Gasteiger partial charge on any atom is -0.545 e. The average Bonchev–Trinajstić information content (AvgIpc) is 2.72. The van der Waals surface area contributed by atoms with Crippen LogP contribution in [0.15, 0.2) is 84.0 Å². The number of benzene rings is 2. The molecule has 1 N–H and O–H groups in total. The number of nitrogens with zero attached hydrogens (tertiary/aromatic N) is 2. The molecule has 0 aliphatic heterocycles. The lowest BCUT2D eigenvalue weighted by Gasteiger charge is -2.25. The summed E-state index contributed by atoms with van der Waals surface area (Å²) in [6.45, 7) is 0. The third kappa shape index (κ3) is 4.86. The zero-order valence-corrected chi connectivity index (χ0v) is 15.1. The fraction of sp³-hybridized carbons (Fsp3) is 0.0500. The molecule has 136 valence electrons. The quantitative estimate of drug-likeness (QED) is 0.502. The number of para-hydroxylation sites is 2. The molecule has 0 radical (unpaired) electrons. The molecule has 0 aliphatic carbocycles. The van der Waals surface area contributed by atoms with Crippen molar-refractivity contribution in [3.05, 3.63) is 84.6 Å². The maximum absolute atomic E-state index is 12.5. The van der Waals surface area contributed by atoms with E-state index in [4.69, 9.17) is 0 Å². The van der Waals surface area contributed by atoms with Gasteiger partial charge in [-0.25, -0.2) is 4.98 Å². The lowest BCUT2D eigenvalue weighted by Crippen LogP contribution is -2.40. The largest absolute Gasteiger partial charge is 0.545 e. The normalized spacial score (nSPS) is 10.2. The number of pyridine rings is 1. The minimum absolute atomic E-state index is 0.00740. The van der Waals surface area contributed by atoms with Crippen molar-refractivity contribution in [2.24, 2.45) is 0 Å². The number of hydrogen-bond acceptors (Lipinski definition) is 6. The van der Waals surface area contributed by atoms with E-state index >= 15 is 0 Å². The number of anilines is 2. The number of hydrazine groups is 1.